The van der Waals surface area contributed by atoms with Crippen molar-refractivity contribution in [1.82, 2.24) is 0 Å². The van der Waals surface area contributed by atoms with E-state index in [1.54, 1.807) is 21.0 Å². The normalized spacial score (nSPS) is 18.4. The quantitative estimate of drug-likeness (QED) is 0.151. The highest BCUT2D eigenvalue weighted by atomic mass is 16.6. The topological polar surface area (TPSA) is 61.8 Å². The number of ether oxygens (including phenoxy) is 3. The Kier molecular flexibility index (Phi) is 12.5. The van der Waals surface area contributed by atoms with Crippen LogP contribution in [0.3, 0.4) is 0 Å². The molecule has 5 heteroatoms. The van der Waals surface area contributed by atoms with Crippen LogP contribution in [0.25, 0.3) is 0 Å². The van der Waals surface area contributed by atoms with E-state index in [9.17, 15) is 9.59 Å². The predicted octanol–water partition coefficient (Wildman–Crippen LogP) is 7.36. The van der Waals surface area contributed by atoms with E-state index in [2.05, 4.69) is 19.1 Å². The number of carbonyl (C=O) groups excluding carboxylic acids is 2. The number of esters is 2. The fraction of sp³-hybridized carbons (Fsp3) is 0.724. The summed E-state index contributed by atoms with van der Waals surface area (Å²) in [5.74, 6) is 0.370. The van der Waals surface area contributed by atoms with Gasteiger partial charge in [-0.3, -0.25) is 9.59 Å². The number of hydrogen-bond donors (Lipinski definition) is 0. The van der Waals surface area contributed by atoms with Crippen molar-refractivity contribution in [2.45, 2.75) is 116 Å². The predicted molar refractivity (Wildman–Crippen MR) is 136 cm³/mol. The molecule has 5 nitrogen and oxygen atoms in total. The molecule has 0 spiro atoms. The summed E-state index contributed by atoms with van der Waals surface area (Å²) in [6.07, 6.45) is 14.3. The summed E-state index contributed by atoms with van der Waals surface area (Å²) in [7, 11) is 1.67. The van der Waals surface area contributed by atoms with Crippen molar-refractivity contribution >= 4 is 11.9 Å². The zero-order chi connectivity index (χ0) is 24.8. The van der Waals surface area contributed by atoms with Gasteiger partial charge in [-0.15, -0.1) is 0 Å². The molecule has 1 aromatic carbocycles. The molecule has 0 unspecified atom stereocenters. The maximum Gasteiger partial charge on any atom is 0.323 e. The van der Waals surface area contributed by atoms with Crippen molar-refractivity contribution < 1.29 is 23.8 Å². The van der Waals surface area contributed by atoms with Crippen molar-refractivity contribution in [2.75, 3.05) is 13.7 Å². The van der Waals surface area contributed by atoms with E-state index >= 15 is 0 Å². The van der Waals surface area contributed by atoms with E-state index in [1.165, 1.54) is 50.5 Å². The lowest BCUT2D eigenvalue weighted by Crippen LogP contribution is -2.39. The minimum absolute atomic E-state index is 0.133. The number of unbranched alkanes of at least 4 members (excludes halogenated alkanes) is 8. The number of hydrogen-bond acceptors (Lipinski definition) is 5. The van der Waals surface area contributed by atoms with Crippen molar-refractivity contribution in [3.05, 3.63) is 29.8 Å². The Morgan fingerprint density at radius 3 is 1.94 bits per heavy atom. The van der Waals surface area contributed by atoms with Crippen LogP contribution in [-0.2, 0) is 19.1 Å². The lowest BCUT2D eigenvalue weighted by molar-refractivity contribution is -0.174. The molecule has 1 aliphatic rings. The second kappa shape index (κ2) is 15.1. The first kappa shape index (κ1) is 28.2. The first-order valence-corrected chi connectivity index (χ1v) is 13.4. The molecule has 1 aromatic rings. The molecule has 34 heavy (non-hydrogen) atoms. The molecule has 0 heterocycles. The lowest BCUT2D eigenvalue weighted by atomic mass is 9.82. The van der Waals surface area contributed by atoms with Gasteiger partial charge >= 0.3 is 11.9 Å². The van der Waals surface area contributed by atoms with Gasteiger partial charge in [0.1, 0.15) is 11.9 Å². The maximum absolute atomic E-state index is 12.7. The molecular formula is C29H46O5. The Morgan fingerprint density at radius 1 is 0.824 bits per heavy atom. The second-order valence-electron chi connectivity index (χ2n) is 10.2. The van der Waals surface area contributed by atoms with Gasteiger partial charge in [-0.1, -0.05) is 70.4 Å². The zero-order valence-electron chi connectivity index (χ0n) is 21.9. The first-order valence-electron chi connectivity index (χ1n) is 13.4. The number of methoxy groups -OCH3 is 1. The summed E-state index contributed by atoms with van der Waals surface area (Å²) in [6, 6.07) is 8.21. The van der Waals surface area contributed by atoms with Crippen LogP contribution in [0.15, 0.2) is 24.3 Å². The monoisotopic (exact) mass is 474 g/mol. The Balaban J connectivity index is 1.63. The standard InChI is InChI=1S/C29H46O5/c1-5-6-7-8-9-10-11-12-13-22-33-27(30)29(2,3)28(31)34-26-20-16-24(17-21-26)23-14-18-25(32-4)19-15-23/h14-15,18-19,24,26H,5-13,16-17,20-22H2,1-4H3. The molecule has 2 rings (SSSR count). The summed E-state index contributed by atoms with van der Waals surface area (Å²) >= 11 is 0. The van der Waals surface area contributed by atoms with Crippen LogP contribution in [0.2, 0.25) is 0 Å². The van der Waals surface area contributed by atoms with Gasteiger partial charge < -0.3 is 14.2 Å². The Morgan fingerprint density at radius 2 is 1.38 bits per heavy atom. The third kappa shape index (κ3) is 9.31. The Labute approximate surface area is 206 Å². The minimum atomic E-state index is -1.27. The highest BCUT2D eigenvalue weighted by Gasteiger charge is 2.41. The largest absolute Gasteiger partial charge is 0.497 e. The molecule has 0 radical (unpaired) electrons. The molecule has 0 aromatic heterocycles. The molecule has 0 bridgehead atoms. The summed E-state index contributed by atoms with van der Waals surface area (Å²) in [6.45, 7) is 5.82. The average molecular weight is 475 g/mol. The molecule has 0 amide bonds. The van der Waals surface area contributed by atoms with Crippen LogP contribution in [0, 0.1) is 5.41 Å². The molecule has 0 saturated heterocycles. The third-order valence-corrected chi connectivity index (χ3v) is 7.04. The van der Waals surface area contributed by atoms with Gasteiger partial charge in [0.25, 0.3) is 0 Å². The van der Waals surface area contributed by atoms with E-state index in [0.717, 1.165) is 44.3 Å². The van der Waals surface area contributed by atoms with Crippen LogP contribution in [0.1, 0.15) is 116 Å². The summed E-state index contributed by atoms with van der Waals surface area (Å²) < 4.78 is 16.4. The van der Waals surface area contributed by atoms with Crippen LogP contribution in [0.5, 0.6) is 5.75 Å². The van der Waals surface area contributed by atoms with E-state index < -0.39 is 17.4 Å². The van der Waals surface area contributed by atoms with Gasteiger partial charge in [0.2, 0.25) is 0 Å². The molecular weight excluding hydrogens is 428 g/mol. The van der Waals surface area contributed by atoms with Gasteiger partial charge in [-0.05, 0) is 69.6 Å². The van der Waals surface area contributed by atoms with E-state index in [0.29, 0.717) is 12.5 Å². The fourth-order valence-corrected chi connectivity index (χ4v) is 4.53. The van der Waals surface area contributed by atoms with E-state index in [4.69, 9.17) is 14.2 Å². The molecule has 1 saturated carbocycles. The molecule has 0 N–H and O–H groups in total. The SMILES string of the molecule is CCCCCCCCCCCOC(=O)C(C)(C)C(=O)OC1CCC(c2ccc(OC)cc2)CC1. The summed E-state index contributed by atoms with van der Waals surface area (Å²) in [5.41, 5.74) is 0.0255. The first-order chi connectivity index (χ1) is 16.4. The van der Waals surface area contributed by atoms with E-state index in [-0.39, 0.29) is 6.10 Å². The van der Waals surface area contributed by atoms with Crippen molar-refractivity contribution in [2.24, 2.45) is 5.41 Å². The van der Waals surface area contributed by atoms with Crippen molar-refractivity contribution in [3.63, 3.8) is 0 Å². The summed E-state index contributed by atoms with van der Waals surface area (Å²) in [5, 5.41) is 0. The maximum atomic E-state index is 12.7. The average Bonchev–Trinajstić information content (AvgIpc) is 2.85. The Bertz CT molecular complexity index is 717. The Hall–Kier alpha value is -2.04. The number of carbonyl (C=O) groups is 2. The van der Waals surface area contributed by atoms with Crippen molar-refractivity contribution in [1.29, 1.82) is 0 Å². The number of rotatable bonds is 15. The lowest BCUT2D eigenvalue weighted by Gasteiger charge is -2.31. The van der Waals surface area contributed by atoms with Gasteiger partial charge in [-0.25, -0.2) is 0 Å². The molecule has 1 fully saturated rings. The van der Waals surface area contributed by atoms with Gasteiger partial charge in [-0.2, -0.15) is 0 Å². The number of benzene rings is 1. The van der Waals surface area contributed by atoms with Gasteiger partial charge in [0, 0.05) is 0 Å². The summed E-state index contributed by atoms with van der Waals surface area (Å²) in [4.78, 5) is 25.3. The highest BCUT2D eigenvalue weighted by molar-refractivity contribution is 5.99. The molecule has 0 atom stereocenters. The fourth-order valence-electron chi connectivity index (χ4n) is 4.53. The molecule has 0 aliphatic heterocycles. The van der Waals surface area contributed by atoms with Crippen LogP contribution >= 0.6 is 0 Å². The van der Waals surface area contributed by atoms with Crippen molar-refractivity contribution in [3.8, 4) is 5.75 Å². The minimum Gasteiger partial charge on any atom is -0.497 e. The molecule has 192 valence electrons. The second-order valence-corrected chi connectivity index (χ2v) is 10.2. The van der Waals surface area contributed by atoms with E-state index in [1.807, 2.05) is 12.1 Å². The third-order valence-electron chi connectivity index (χ3n) is 7.04. The van der Waals surface area contributed by atoms with Crippen LogP contribution in [-0.4, -0.2) is 31.8 Å². The van der Waals surface area contributed by atoms with Crippen LogP contribution in [0.4, 0.5) is 0 Å². The highest BCUT2D eigenvalue weighted by Crippen LogP contribution is 2.35. The zero-order valence-corrected chi connectivity index (χ0v) is 21.9. The van der Waals surface area contributed by atoms with Crippen LogP contribution < -0.4 is 4.74 Å². The van der Waals surface area contributed by atoms with Gasteiger partial charge in [0.15, 0.2) is 5.41 Å². The van der Waals surface area contributed by atoms with Gasteiger partial charge in [0.05, 0.1) is 13.7 Å². The smallest absolute Gasteiger partial charge is 0.323 e. The molecule has 1 aliphatic carbocycles.